The van der Waals surface area contributed by atoms with Gasteiger partial charge in [0.15, 0.2) is 0 Å². The Bertz CT molecular complexity index is 1220. The molecule has 0 radical (unpaired) electrons. The van der Waals surface area contributed by atoms with Gasteiger partial charge in [-0.15, -0.1) is 0 Å². The van der Waals surface area contributed by atoms with E-state index in [1.54, 1.807) is 22.9 Å². The Hall–Kier alpha value is -3.58. The molecule has 2 heterocycles. The molecule has 0 amide bonds. The van der Waals surface area contributed by atoms with Crippen molar-refractivity contribution in [3.63, 3.8) is 0 Å². The van der Waals surface area contributed by atoms with Crippen LogP contribution in [0.2, 0.25) is 0 Å². The Morgan fingerprint density at radius 2 is 1.91 bits per heavy atom. The predicted molar refractivity (Wildman–Crippen MR) is 134 cm³/mol. The Labute approximate surface area is 199 Å². The topological polar surface area (TPSA) is 103 Å². The predicted octanol–water partition coefficient (Wildman–Crippen LogP) is 3.79. The van der Waals surface area contributed by atoms with Crippen LogP contribution in [0, 0.1) is 5.92 Å². The maximum absolute atomic E-state index is 12.8. The number of rotatable bonds is 9. The number of aryl methyl sites for hydroxylation is 1. The highest BCUT2D eigenvalue weighted by Crippen LogP contribution is 2.28. The van der Waals surface area contributed by atoms with E-state index in [2.05, 4.69) is 15.3 Å². The molecule has 0 unspecified atom stereocenters. The number of benzene rings is 1. The molecule has 3 N–H and O–H groups in total. The molecule has 1 aliphatic rings. The van der Waals surface area contributed by atoms with Crippen molar-refractivity contribution >= 4 is 11.5 Å². The summed E-state index contributed by atoms with van der Waals surface area (Å²) in [5, 5.41) is 3.10. The zero-order chi connectivity index (χ0) is 23.9. The second-order valence-electron chi connectivity index (χ2n) is 8.87. The molecule has 3 aromatic rings. The van der Waals surface area contributed by atoms with Crippen LogP contribution in [-0.2, 0) is 13.1 Å². The number of hydrogen-bond donors (Lipinski definition) is 2. The standard InChI is InChI=1S/C27H31N5O2/c1-29-15-20-6-8-21(9-7-20)23(28)14-26(33)25-17-30-16-24(31-25)22-10-11-27(34)32(18-22)13-12-19-4-2-3-5-19/h6-11,14,16-19,29H,2-5,12-13,15,28H2,1H3. The molecule has 0 bridgehead atoms. The highest BCUT2D eigenvalue weighted by Gasteiger charge is 2.15. The van der Waals surface area contributed by atoms with Crippen LogP contribution in [0.25, 0.3) is 17.0 Å². The summed E-state index contributed by atoms with van der Waals surface area (Å²) in [7, 11) is 1.89. The maximum Gasteiger partial charge on any atom is 0.250 e. The van der Waals surface area contributed by atoms with Crippen molar-refractivity contribution in [2.75, 3.05) is 7.05 Å². The van der Waals surface area contributed by atoms with Gasteiger partial charge in [0, 0.05) is 42.7 Å². The Balaban J connectivity index is 1.50. The lowest BCUT2D eigenvalue weighted by Gasteiger charge is -2.12. The number of ketones is 1. The third-order valence-corrected chi connectivity index (χ3v) is 6.37. The average molecular weight is 458 g/mol. The van der Waals surface area contributed by atoms with Crippen molar-refractivity contribution in [2.24, 2.45) is 11.7 Å². The van der Waals surface area contributed by atoms with E-state index >= 15 is 0 Å². The minimum absolute atomic E-state index is 0.0293. The third kappa shape index (κ3) is 5.85. The number of allylic oxidation sites excluding steroid dienone is 1. The van der Waals surface area contributed by atoms with Crippen molar-refractivity contribution in [1.29, 1.82) is 0 Å². The van der Waals surface area contributed by atoms with E-state index < -0.39 is 0 Å². The van der Waals surface area contributed by atoms with Crippen molar-refractivity contribution in [1.82, 2.24) is 19.9 Å². The van der Waals surface area contributed by atoms with Crippen molar-refractivity contribution in [3.8, 4) is 11.3 Å². The number of carbonyl (C=O) groups is 1. The molecular formula is C27H31N5O2. The fraction of sp³-hybridized carbons (Fsp3) is 0.333. The van der Waals surface area contributed by atoms with E-state index in [0.29, 0.717) is 23.9 Å². The summed E-state index contributed by atoms with van der Waals surface area (Å²) >= 11 is 0. The fourth-order valence-corrected chi connectivity index (χ4v) is 4.42. The molecule has 34 heavy (non-hydrogen) atoms. The third-order valence-electron chi connectivity index (χ3n) is 6.37. The summed E-state index contributed by atoms with van der Waals surface area (Å²) in [6.45, 7) is 1.45. The van der Waals surface area contributed by atoms with E-state index in [4.69, 9.17) is 5.73 Å². The number of nitrogens with two attached hydrogens (primary N) is 1. The normalized spacial score (nSPS) is 14.4. The van der Waals surface area contributed by atoms with Gasteiger partial charge in [0.25, 0.3) is 5.56 Å². The van der Waals surface area contributed by atoms with Crippen LogP contribution >= 0.6 is 0 Å². The van der Waals surface area contributed by atoms with Crippen LogP contribution in [0.4, 0.5) is 0 Å². The van der Waals surface area contributed by atoms with Gasteiger partial charge >= 0.3 is 0 Å². The summed E-state index contributed by atoms with van der Waals surface area (Å²) in [6.07, 6.45) is 12.3. The van der Waals surface area contributed by atoms with Gasteiger partial charge in [0.2, 0.25) is 5.78 Å². The largest absolute Gasteiger partial charge is 0.398 e. The van der Waals surface area contributed by atoms with Crippen LogP contribution in [0.3, 0.4) is 0 Å². The second kappa shape index (κ2) is 11.0. The Morgan fingerprint density at radius 1 is 1.15 bits per heavy atom. The molecule has 0 spiro atoms. The maximum atomic E-state index is 12.8. The zero-order valence-electron chi connectivity index (χ0n) is 19.5. The van der Waals surface area contributed by atoms with Gasteiger partial charge < -0.3 is 15.6 Å². The molecule has 4 rings (SSSR count). The van der Waals surface area contributed by atoms with Gasteiger partial charge in [-0.05, 0) is 36.6 Å². The van der Waals surface area contributed by atoms with Crippen LogP contribution in [-0.4, -0.2) is 27.4 Å². The first-order valence-electron chi connectivity index (χ1n) is 11.8. The SMILES string of the molecule is CNCc1ccc(C(N)=CC(=O)c2cncc(-c3ccc(=O)n(CCC4CCCC4)c3)n2)cc1. The molecule has 2 aromatic heterocycles. The first kappa shape index (κ1) is 23.6. The number of aromatic nitrogens is 3. The molecule has 0 saturated heterocycles. The van der Waals surface area contributed by atoms with Gasteiger partial charge in [0.1, 0.15) is 5.69 Å². The molecule has 1 aliphatic carbocycles. The van der Waals surface area contributed by atoms with E-state index in [1.165, 1.54) is 38.0 Å². The number of hydrogen-bond acceptors (Lipinski definition) is 6. The highest BCUT2D eigenvalue weighted by atomic mass is 16.1. The molecule has 7 nitrogen and oxygen atoms in total. The van der Waals surface area contributed by atoms with Gasteiger partial charge in [-0.25, -0.2) is 4.98 Å². The van der Waals surface area contributed by atoms with Crippen LogP contribution in [0.1, 0.15) is 53.7 Å². The first-order chi connectivity index (χ1) is 16.5. The monoisotopic (exact) mass is 457 g/mol. The number of nitrogens with zero attached hydrogens (tertiary/aromatic N) is 3. The fourth-order valence-electron chi connectivity index (χ4n) is 4.42. The molecule has 7 heteroatoms. The van der Waals surface area contributed by atoms with Crippen LogP contribution in [0.15, 0.2) is 65.9 Å². The molecule has 0 aliphatic heterocycles. The molecule has 1 aromatic carbocycles. The molecule has 0 atom stereocenters. The van der Waals surface area contributed by atoms with E-state index in [1.807, 2.05) is 37.5 Å². The highest BCUT2D eigenvalue weighted by molar-refractivity contribution is 6.07. The van der Waals surface area contributed by atoms with Gasteiger partial charge in [-0.1, -0.05) is 49.9 Å². The molecular weight excluding hydrogens is 426 g/mol. The lowest BCUT2D eigenvalue weighted by atomic mass is 10.0. The lowest BCUT2D eigenvalue weighted by Crippen LogP contribution is -2.20. The Kier molecular flexibility index (Phi) is 7.65. The summed E-state index contributed by atoms with van der Waals surface area (Å²) < 4.78 is 1.74. The number of pyridine rings is 1. The Morgan fingerprint density at radius 3 is 2.65 bits per heavy atom. The minimum atomic E-state index is -0.319. The van der Waals surface area contributed by atoms with E-state index in [-0.39, 0.29) is 17.0 Å². The van der Waals surface area contributed by atoms with Gasteiger partial charge in [-0.3, -0.25) is 14.6 Å². The first-order valence-corrected chi connectivity index (χ1v) is 11.8. The zero-order valence-corrected chi connectivity index (χ0v) is 19.5. The summed E-state index contributed by atoms with van der Waals surface area (Å²) in [5.41, 5.74) is 9.91. The quantitative estimate of drug-likeness (QED) is 0.374. The number of carbonyl (C=O) groups excluding carboxylic acids is 1. The van der Waals surface area contributed by atoms with Crippen molar-refractivity contribution in [3.05, 3.63) is 88.2 Å². The molecule has 1 fully saturated rings. The molecule has 176 valence electrons. The summed E-state index contributed by atoms with van der Waals surface area (Å²) in [5.74, 6) is 0.383. The van der Waals surface area contributed by atoms with Gasteiger partial charge in [-0.2, -0.15) is 0 Å². The minimum Gasteiger partial charge on any atom is -0.398 e. The molecule has 1 saturated carbocycles. The van der Waals surface area contributed by atoms with E-state index in [9.17, 15) is 9.59 Å². The van der Waals surface area contributed by atoms with Gasteiger partial charge in [0.05, 0.1) is 18.1 Å². The van der Waals surface area contributed by atoms with Crippen molar-refractivity contribution in [2.45, 2.75) is 45.2 Å². The summed E-state index contributed by atoms with van der Waals surface area (Å²) in [6, 6.07) is 11.0. The summed E-state index contributed by atoms with van der Waals surface area (Å²) in [4.78, 5) is 33.9. The second-order valence-corrected chi connectivity index (χ2v) is 8.87. The number of nitrogens with one attached hydrogen (secondary N) is 1. The van der Waals surface area contributed by atoms with E-state index in [0.717, 1.165) is 29.7 Å². The van der Waals surface area contributed by atoms with Crippen LogP contribution < -0.4 is 16.6 Å². The smallest absolute Gasteiger partial charge is 0.250 e. The van der Waals surface area contributed by atoms with Crippen molar-refractivity contribution < 1.29 is 4.79 Å². The average Bonchev–Trinajstić information content (AvgIpc) is 3.38. The lowest BCUT2D eigenvalue weighted by molar-refractivity contribution is 0.104. The van der Waals surface area contributed by atoms with Crippen LogP contribution in [0.5, 0.6) is 0 Å².